The van der Waals surface area contributed by atoms with Gasteiger partial charge in [-0.05, 0) is 50.3 Å². The van der Waals surface area contributed by atoms with Crippen LogP contribution in [0.1, 0.15) is 36.5 Å². The van der Waals surface area contributed by atoms with Crippen molar-refractivity contribution in [1.82, 2.24) is 0 Å². The summed E-state index contributed by atoms with van der Waals surface area (Å²) in [5, 5.41) is 1.05. The van der Waals surface area contributed by atoms with E-state index in [1.54, 1.807) is 0 Å². The molecule has 22 heavy (non-hydrogen) atoms. The first-order valence-electron chi connectivity index (χ1n) is 8.22. The van der Waals surface area contributed by atoms with Crippen LogP contribution in [0.4, 0.5) is 5.69 Å². The highest BCUT2D eigenvalue weighted by Gasteiger charge is 2.27. The van der Waals surface area contributed by atoms with Gasteiger partial charge in [-0.3, -0.25) is 0 Å². The predicted molar refractivity (Wildman–Crippen MR) is 86.7 cm³/mol. The van der Waals surface area contributed by atoms with Gasteiger partial charge in [-0.1, -0.05) is 0 Å². The number of nitrogens with zero attached hydrogens (tertiary/aromatic N) is 1. The summed E-state index contributed by atoms with van der Waals surface area (Å²) in [6.07, 6.45) is 4.47. The Morgan fingerprint density at radius 1 is 1.23 bits per heavy atom. The highest BCUT2D eigenvalue weighted by atomic mass is 16.5. The lowest BCUT2D eigenvalue weighted by molar-refractivity contribution is 0.132. The Morgan fingerprint density at radius 3 is 2.86 bits per heavy atom. The molecule has 2 aromatic rings. The highest BCUT2D eigenvalue weighted by Crippen LogP contribution is 2.39. The molecule has 0 amide bonds. The molecular formula is C18H21NO3. The minimum atomic E-state index is -0.259. The molecule has 2 aliphatic rings. The molecule has 0 saturated carbocycles. The van der Waals surface area contributed by atoms with Crippen molar-refractivity contribution in [2.24, 2.45) is 0 Å². The standard InChI is InChI=1S/C18H21NO3/c1-2-21-11-14-10-13-9-12-5-3-7-19-8-4-6-15(16(12)19)17(13)22-18(14)20/h9-10H,2-8,11H2,1H3. The van der Waals surface area contributed by atoms with E-state index < -0.39 is 0 Å². The summed E-state index contributed by atoms with van der Waals surface area (Å²) >= 11 is 0. The monoisotopic (exact) mass is 299 g/mol. The van der Waals surface area contributed by atoms with Crippen LogP contribution in [0.15, 0.2) is 21.3 Å². The maximum Gasteiger partial charge on any atom is 0.341 e. The summed E-state index contributed by atoms with van der Waals surface area (Å²) < 4.78 is 11.1. The molecule has 0 N–H and O–H groups in total. The maximum absolute atomic E-state index is 12.2. The molecule has 0 fully saturated rings. The molecule has 0 atom stereocenters. The molecule has 0 aliphatic carbocycles. The van der Waals surface area contributed by atoms with Gasteiger partial charge < -0.3 is 14.1 Å². The van der Waals surface area contributed by atoms with Gasteiger partial charge in [0.2, 0.25) is 0 Å². The van der Waals surface area contributed by atoms with Crippen LogP contribution in [0.2, 0.25) is 0 Å². The van der Waals surface area contributed by atoms with Crippen molar-refractivity contribution in [3.05, 3.63) is 39.2 Å². The number of aryl methyl sites for hydroxylation is 2. The van der Waals surface area contributed by atoms with E-state index in [4.69, 9.17) is 9.15 Å². The first kappa shape index (κ1) is 13.8. The van der Waals surface area contributed by atoms with E-state index in [1.807, 2.05) is 13.0 Å². The third kappa shape index (κ3) is 2.13. The Labute approximate surface area is 129 Å². The number of rotatable bonds is 3. The fourth-order valence-corrected chi connectivity index (χ4v) is 3.80. The van der Waals surface area contributed by atoms with Crippen molar-refractivity contribution in [3.63, 3.8) is 0 Å². The Bertz CT molecular complexity index is 776. The fourth-order valence-electron chi connectivity index (χ4n) is 3.80. The number of ether oxygens (including phenoxy) is 1. The molecular weight excluding hydrogens is 278 g/mol. The van der Waals surface area contributed by atoms with E-state index in [2.05, 4.69) is 11.0 Å². The van der Waals surface area contributed by atoms with Gasteiger partial charge in [-0.25, -0.2) is 4.79 Å². The molecule has 1 aromatic heterocycles. The molecule has 2 aliphatic heterocycles. The smallest absolute Gasteiger partial charge is 0.341 e. The van der Waals surface area contributed by atoms with Gasteiger partial charge in [-0.15, -0.1) is 0 Å². The second-order valence-electron chi connectivity index (χ2n) is 6.17. The molecule has 0 bridgehead atoms. The van der Waals surface area contributed by atoms with E-state index in [1.165, 1.54) is 23.2 Å². The summed E-state index contributed by atoms with van der Waals surface area (Å²) in [4.78, 5) is 14.7. The third-order valence-corrected chi connectivity index (χ3v) is 4.75. The lowest BCUT2D eigenvalue weighted by atomic mass is 9.90. The zero-order valence-electron chi connectivity index (χ0n) is 13.0. The van der Waals surface area contributed by atoms with Crippen LogP contribution in [0.3, 0.4) is 0 Å². The molecule has 3 heterocycles. The first-order chi connectivity index (χ1) is 10.8. The van der Waals surface area contributed by atoms with Crippen molar-refractivity contribution in [3.8, 4) is 0 Å². The second kappa shape index (κ2) is 5.43. The number of benzene rings is 1. The van der Waals surface area contributed by atoms with E-state index in [-0.39, 0.29) is 5.63 Å². The van der Waals surface area contributed by atoms with Crippen molar-refractivity contribution in [2.75, 3.05) is 24.6 Å². The minimum Gasteiger partial charge on any atom is -0.422 e. The molecule has 4 rings (SSSR count). The van der Waals surface area contributed by atoms with E-state index in [9.17, 15) is 4.79 Å². The van der Waals surface area contributed by atoms with Gasteiger partial charge in [0.25, 0.3) is 0 Å². The fraction of sp³-hybridized carbons (Fsp3) is 0.500. The van der Waals surface area contributed by atoms with Gasteiger partial charge in [-0.2, -0.15) is 0 Å². The van der Waals surface area contributed by atoms with Crippen molar-refractivity contribution < 1.29 is 9.15 Å². The molecule has 0 saturated heterocycles. The van der Waals surface area contributed by atoms with Crippen molar-refractivity contribution in [2.45, 2.75) is 39.2 Å². The Kier molecular flexibility index (Phi) is 3.41. The topological polar surface area (TPSA) is 42.7 Å². The average Bonchev–Trinajstić information content (AvgIpc) is 2.54. The SMILES string of the molecule is CCOCc1cc2cc3c4c(c2oc1=O)CCCN4CCC3. The van der Waals surface area contributed by atoms with Crippen LogP contribution in [0, 0.1) is 0 Å². The van der Waals surface area contributed by atoms with Gasteiger partial charge in [0.15, 0.2) is 0 Å². The molecule has 4 heteroatoms. The molecule has 0 radical (unpaired) electrons. The predicted octanol–water partition coefficient (Wildman–Crippen LogP) is 3.03. The van der Waals surface area contributed by atoms with Crippen LogP contribution in [-0.2, 0) is 24.2 Å². The Morgan fingerprint density at radius 2 is 2.05 bits per heavy atom. The van der Waals surface area contributed by atoms with Crippen LogP contribution < -0.4 is 10.5 Å². The molecule has 1 aromatic carbocycles. The zero-order valence-corrected chi connectivity index (χ0v) is 13.0. The third-order valence-electron chi connectivity index (χ3n) is 4.75. The van der Waals surface area contributed by atoms with E-state index >= 15 is 0 Å². The van der Waals surface area contributed by atoms with Gasteiger partial charge in [0.1, 0.15) is 5.58 Å². The normalized spacial score (nSPS) is 16.9. The van der Waals surface area contributed by atoms with Gasteiger partial charge >= 0.3 is 5.63 Å². The van der Waals surface area contributed by atoms with Gasteiger partial charge in [0.05, 0.1) is 12.2 Å². The van der Waals surface area contributed by atoms with Crippen LogP contribution in [0.5, 0.6) is 0 Å². The van der Waals surface area contributed by atoms with Crippen LogP contribution >= 0.6 is 0 Å². The molecule has 0 spiro atoms. The van der Waals surface area contributed by atoms with Crippen LogP contribution in [0.25, 0.3) is 11.0 Å². The molecule has 4 nitrogen and oxygen atoms in total. The number of hydrogen-bond acceptors (Lipinski definition) is 4. The largest absolute Gasteiger partial charge is 0.422 e. The summed E-state index contributed by atoms with van der Waals surface area (Å²) in [6.45, 7) is 5.10. The summed E-state index contributed by atoms with van der Waals surface area (Å²) in [5.74, 6) is 0. The maximum atomic E-state index is 12.2. The Balaban J connectivity index is 1.92. The van der Waals surface area contributed by atoms with Gasteiger partial charge in [0, 0.05) is 36.3 Å². The highest BCUT2D eigenvalue weighted by molar-refractivity contribution is 5.88. The van der Waals surface area contributed by atoms with Crippen LogP contribution in [-0.4, -0.2) is 19.7 Å². The average molecular weight is 299 g/mol. The zero-order chi connectivity index (χ0) is 15.1. The second-order valence-corrected chi connectivity index (χ2v) is 6.17. The number of fused-ring (bicyclic) bond motifs is 2. The number of hydrogen-bond donors (Lipinski definition) is 0. The summed E-state index contributed by atoms with van der Waals surface area (Å²) in [5.41, 5.74) is 5.12. The van der Waals surface area contributed by atoms with Crippen molar-refractivity contribution in [1.29, 1.82) is 0 Å². The minimum absolute atomic E-state index is 0.259. The van der Waals surface area contributed by atoms with E-state index in [0.29, 0.717) is 18.8 Å². The lowest BCUT2D eigenvalue weighted by Crippen LogP contribution is -2.34. The Hall–Kier alpha value is -1.81. The number of anilines is 1. The summed E-state index contributed by atoms with van der Waals surface area (Å²) in [7, 11) is 0. The lowest BCUT2D eigenvalue weighted by Gasteiger charge is -2.37. The quantitative estimate of drug-likeness (QED) is 0.817. The first-order valence-corrected chi connectivity index (χ1v) is 8.22. The van der Waals surface area contributed by atoms with Crippen molar-refractivity contribution >= 4 is 16.7 Å². The molecule has 116 valence electrons. The molecule has 0 unspecified atom stereocenters. The van der Waals surface area contributed by atoms with E-state index in [0.717, 1.165) is 43.3 Å². The summed E-state index contributed by atoms with van der Waals surface area (Å²) in [6, 6.07) is 4.17.